The number of fused-ring (bicyclic) bond motifs is 4. The monoisotopic (exact) mass is 388 g/mol. The topological polar surface area (TPSA) is 0 Å². The fourth-order valence-corrected chi connectivity index (χ4v) is 5.20. The van der Waals surface area contributed by atoms with E-state index in [9.17, 15) is 0 Å². The molecule has 0 fully saturated rings. The van der Waals surface area contributed by atoms with E-state index in [0.29, 0.717) is 0 Å². The van der Waals surface area contributed by atoms with Crippen LogP contribution in [-0.4, -0.2) is 0 Å². The third kappa shape index (κ3) is 2.10. The molecule has 0 amide bonds. The molecule has 0 radical (unpaired) electrons. The highest BCUT2D eigenvalue weighted by Gasteiger charge is 2.14. The quantitative estimate of drug-likeness (QED) is 0.276. The standard InChI is InChI=1S/C22H13BrS/c23-16-10-11-18-19(13-16)24-20-12-15-8-4-5-9-17(15)21(22(18)20)14-6-2-1-3-7-14/h1-13H. The minimum Gasteiger partial charge on any atom is -0.135 e. The molecular weight excluding hydrogens is 376 g/mol. The molecule has 0 nitrogen and oxygen atoms in total. The van der Waals surface area contributed by atoms with Gasteiger partial charge in [-0.05, 0) is 40.1 Å². The molecule has 0 aliphatic heterocycles. The van der Waals surface area contributed by atoms with Gasteiger partial charge in [0.2, 0.25) is 0 Å². The lowest BCUT2D eigenvalue weighted by Gasteiger charge is -2.10. The van der Waals surface area contributed by atoms with E-state index in [2.05, 4.69) is 94.8 Å². The first-order valence-corrected chi connectivity index (χ1v) is 9.51. The first kappa shape index (κ1) is 14.2. The van der Waals surface area contributed by atoms with Gasteiger partial charge >= 0.3 is 0 Å². The summed E-state index contributed by atoms with van der Waals surface area (Å²) in [5.41, 5.74) is 2.62. The van der Waals surface area contributed by atoms with Gasteiger partial charge in [0.05, 0.1) is 0 Å². The third-order valence-corrected chi connectivity index (χ3v) is 6.10. The summed E-state index contributed by atoms with van der Waals surface area (Å²) in [5, 5.41) is 5.32. The molecule has 114 valence electrons. The molecule has 0 aliphatic carbocycles. The lowest BCUT2D eigenvalue weighted by atomic mass is 9.93. The van der Waals surface area contributed by atoms with E-state index in [1.54, 1.807) is 0 Å². The summed E-state index contributed by atoms with van der Waals surface area (Å²) in [4.78, 5) is 0. The van der Waals surface area contributed by atoms with Crippen molar-refractivity contribution in [3.8, 4) is 11.1 Å². The summed E-state index contributed by atoms with van der Waals surface area (Å²) in [6.45, 7) is 0. The highest BCUT2D eigenvalue weighted by molar-refractivity contribution is 9.10. The molecule has 0 spiro atoms. The van der Waals surface area contributed by atoms with Crippen molar-refractivity contribution >= 4 is 58.2 Å². The SMILES string of the molecule is Brc1ccc2c(c1)sc1cc3ccccc3c(-c3ccccc3)c12. The van der Waals surface area contributed by atoms with Crippen molar-refractivity contribution in [1.82, 2.24) is 0 Å². The molecule has 4 aromatic carbocycles. The zero-order chi connectivity index (χ0) is 16.1. The molecule has 0 atom stereocenters. The molecule has 0 unspecified atom stereocenters. The van der Waals surface area contributed by atoms with Crippen molar-refractivity contribution in [3.63, 3.8) is 0 Å². The summed E-state index contributed by atoms with van der Waals surface area (Å²) in [6, 6.07) is 28.4. The fourth-order valence-electron chi connectivity index (χ4n) is 3.48. The Hall–Kier alpha value is -2.16. The van der Waals surface area contributed by atoms with Gasteiger partial charge in [-0.15, -0.1) is 11.3 Å². The van der Waals surface area contributed by atoms with Crippen LogP contribution in [0, 0.1) is 0 Å². The smallest absolute Gasteiger partial charge is 0.0368 e. The van der Waals surface area contributed by atoms with E-state index in [-0.39, 0.29) is 0 Å². The molecule has 0 saturated heterocycles. The minimum atomic E-state index is 1.13. The second kappa shape index (κ2) is 5.44. The predicted molar refractivity (Wildman–Crippen MR) is 110 cm³/mol. The number of hydrogen-bond donors (Lipinski definition) is 0. The molecule has 0 bridgehead atoms. The summed E-state index contributed by atoms with van der Waals surface area (Å²) >= 11 is 5.47. The van der Waals surface area contributed by atoms with E-state index in [1.165, 1.54) is 42.1 Å². The van der Waals surface area contributed by atoms with Gasteiger partial charge in [0.25, 0.3) is 0 Å². The largest absolute Gasteiger partial charge is 0.135 e. The molecule has 0 aliphatic rings. The third-order valence-electron chi connectivity index (χ3n) is 4.51. The van der Waals surface area contributed by atoms with E-state index < -0.39 is 0 Å². The second-order valence-corrected chi connectivity index (χ2v) is 7.95. The highest BCUT2D eigenvalue weighted by Crippen LogP contribution is 2.44. The molecule has 5 aromatic rings. The lowest BCUT2D eigenvalue weighted by Crippen LogP contribution is -1.83. The van der Waals surface area contributed by atoms with Crippen LogP contribution in [0.15, 0.2) is 83.3 Å². The number of rotatable bonds is 1. The number of halogens is 1. The van der Waals surface area contributed by atoms with Gasteiger partial charge in [-0.1, -0.05) is 76.6 Å². The molecule has 24 heavy (non-hydrogen) atoms. The average Bonchev–Trinajstić information content (AvgIpc) is 2.97. The van der Waals surface area contributed by atoms with Gasteiger partial charge in [-0.3, -0.25) is 0 Å². The van der Waals surface area contributed by atoms with Crippen molar-refractivity contribution in [2.45, 2.75) is 0 Å². The molecule has 1 heterocycles. The normalized spacial score (nSPS) is 11.5. The summed E-state index contributed by atoms with van der Waals surface area (Å²) in [7, 11) is 0. The van der Waals surface area contributed by atoms with Crippen molar-refractivity contribution < 1.29 is 0 Å². The van der Waals surface area contributed by atoms with Gasteiger partial charge in [-0.2, -0.15) is 0 Å². The predicted octanol–water partition coefficient (Wildman–Crippen LogP) is 7.64. The molecule has 1 aromatic heterocycles. The van der Waals surface area contributed by atoms with Crippen LogP contribution in [0.5, 0.6) is 0 Å². The van der Waals surface area contributed by atoms with E-state index in [4.69, 9.17) is 0 Å². The van der Waals surface area contributed by atoms with Gasteiger partial charge in [0.15, 0.2) is 0 Å². The van der Waals surface area contributed by atoms with E-state index >= 15 is 0 Å². The maximum Gasteiger partial charge on any atom is 0.0368 e. The van der Waals surface area contributed by atoms with Gasteiger partial charge < -0.3 is 0 Å². The lowest BCUT2D eigenvalue weighted by molar-refractivity contribution is 1.68. The van der Waals surface area contributed by atoms with Crippen molar-refractivity contribution in [2.24, 2.45) is 0 Å². The van der Waals surface area contributed by atoms with Crippen LogP contribution in [0.1, 0.15) is 0 Å². The second-order valence-electron chi connectivity index (χ2n) is 5.95. The molecular formula is C22H13BrS. The van der Waals surface area contributed by atoms with Crippen LogP contribution in [0.25, 0.3) is 42.1 Å². The number of thiophene rings is 1. The van der Waals surface area contributed by atoms with Crippen LogP contribution in [-0.2, 0) is 0 Å². The van der Waals surface area contributed by atoms with E-state index in [1.807, 2.05) is 11.3 Å². The van der Waals surface area contributed by atoms with Gasteiger partial charge in [0, 0.05) is 24.6 Å². The maximum absolute atomic E-state index is 3.60. The Bertz CT molecular complexity index is 1200. The Morgan fingerprint density at radius 3 is 2.33 bits per heavy atom. The first-order valence-electron chi connectivity index (χ1n) is 7.90. The summed E-state index contributed by atoms with van der Waals surface area (Å²) in [5.74, 6) is 0. The van der Waals surface area contributed by atoms with Crippen LogP contribution in [0.2, 0.25) is 0 Å². The van der Waals surface area contributed by atoms with Crippen LogP contribution in [0.4, 0.5) is 0 Å². The zero-order valence-corrected chi connectivity index (χ0v) is 15.2. The Kier molecular flexibility index (Phi) is 3.22. The zero-order valence-electron chi connectivity index (χ0n) is 12.8. The Balaban J connectivity index is 2.06. The summed E-state index contributed by atoms with van der Waals surface area (Å²) in [6.07, 6.45) is 0. The highest BCUT2D eigenvalue weighted by atomic mass is 79.9. The van der Waals surface area contributed by atoms with Crippen LogP contribution >= 0.6 is 27.3 Å². The van der Waals surface area contributed by atoms with Crippen molar-refractivity contribution in [3.05, 3.63) is 83.3 Å². The van der Waals surface area contributed by atoms with Crippen molar-refractivity contribution in [2.75, 3.05) is 0 Å². The van der Waals surface area contributed by atoms with Crippen LogP contribution < -0.4 is 0 Å². The first-order chi connectivity index (χ1) is 11.8. The molecule has 0 N–H and O–H groups in total. The maximum atomic E-state index is 3.60. The number of benzene rings is 4. The molecule has 0 saturated carbocycles. The van der Waals surface area contributed by atoms with Gasteiger partial charge in [-0.25, -0.2) is 0 Å². The fraction of sp³-hybridized carbons (Fsp3) is 0. The summed E-state index contributed by atoms with van der Waals surface area (Å²) < 4.78 is 3.81. The number of hydrogen-bond acceptors (Lipinski definition) is 1. The van der Waals surface area contributed by atoms with Crippen LogP contribution in [0.3, 0.4) is 0 Å². The molecule has 5 rings (SSSR count). The Labute approximate surface area is 152 Å². The van der Waals surface area contributed by atoms with E-state index in [0.717, 1.165) is 4.47 Å². The van der Waals surface area contributed by atoms with Crippen molar-refractivity contribution in [1.29, 1.82) is 0 Å². The molecule has 2 heteroatoms. The minimum absolute atomic E-state index is 1.13. The Morgan fingerprint density at radius 1 is 0.667 bits per heavy atom. The Morgan fingerprint density at radius 2 is 1.46 bits per heavy atom. The average molecular weight is 389 g/mol. The van der Waals surface area contributed by atoms with Gasteiger partial charge in [0.1, 0.15) is 0 Å².